The van der Waals surface area contributed by atoms with Crippen LogP contribution < -0.4 is 11.1 Å². The highest BCUT2D eigenvalue weighted by molar-refractivity contribution is 7.80. The number of nitrogens with two attached hydrogens (primary N) is 1. The molecule has 1 aliphatic heterocycles. The number of nitrogens with zero attached hydrogens (tertiary/aromatic N) is 2. The lowest BCUT2D eigenvalue weighted by molar-refractivity contribution is -0.127. The topological polar surface area (TPSA) is 71.2 Å². The van der Waals surface area contributed by atoms with Gasteiger partial charge in [0.1, 0.15) is 16.8 Å². The molecule has 0 aliphatic carbocycles. The average Bonchev–Trinajstić information content (AvgIpc) is 2.61. The summed E-state index contributed by atoms with van der Waals surface area (Å²) in [5, 5.41) is 3.10. The first-order valence-electron chi connectivity index (χ1n) is 5.36. The minimum atomic E-state index is -0.200. The van der Waals surface area contributed by atoms with Crippen LogP contribution in [0.1, 0.15) is 12.1 Å². The fraction of sp³-hybridized carbons (Fsp3) is 0.364. The third kappa shape index (κ3) is 2.52. The molecule has 0 bridgehead atoms. The molecule has 5 nitrogen and oxygen atoms in total. The Morgan fingerprint density at radius 2 is 2.41 bits per heavy atom. The molecule has 1 aliphatic rings. The van der Waals surface area contributed by atoms with Crippen molar-refractivity contribution in [3.8, 4) is 0 Å². The number of aromatic nitrogens is 1. The second-order valence-corrected chi connectivity index (χ2v) is 4.46. The predicted molar refractivity (Wildman–Crippen MR) is 69.8 cm³/mol. The zero-order chi connectivity index (χ0) is 12.4. The third-order valence-electron chi connectivity index (χ3n) is 2.75. The Morgan fingerprint density at radius 3 is 3.00 bits per heavy atom. The van der Waals surface area contributed by atoms with Crippen molar-refractivity contribution in [1.82, 2.24) is 9.88 Å². The van der Waals surface area contributed by atoms with Crippen LogP contribution in [-0.4, -0.2) is 40.4 Å². The largest absolute Gasteiger partial charge is 0.388 e. The van der Waals surface area contributed by atoms with Gasteiger partial charge in [0.15, 0.2) is 0 Å². The van der Waals surface area contributed by atoms with Gasteiger partial charge in [-0.25, -0.2) is 4.98 Å². The fourth-order valence-electron chi connectivity index (χ4n) is 1.79. The van der Waals surface area contributed by atoms with E-state index in [9.17, 15) is 4.79 Å². The van der Waals surface area contributed by atoms with Gasteiger partial charge in [-0.1, -0.05) is 18.3 Å². The summed E-state index contributed by atoms with van der Waals surface area (Å²) in [4.78, 5) is 17.9. The van der Waals surface area contributed by atoms with E-state index in [1.165, 1.54) is 0 Å². The lowest BCUT2D eigenvalue weighted by Crippen LogP contribution is -2.31. The standard InChI is InChI=1S/C11H14N4OS/c1-15-6-5-8(11(15)16)14-9-4-2-3-7(13-9)10(12)17/h2-4,8H,5-6H2,1H3,(H2,12,17)(H,13,14). The Hall–Kier alpha value is -1.69. The molecule has 0 aromatic carbocycles. The van der Waals surface area contributed by atoms with Crippen molar-refractivity contribution in [3.05, 3.63) is 23.9 Å². The number of hydrogen-bond acceptors (Lipinski definition) is 4. The van der Waals surface area contributed by atoms with Gasteiger partial charge in [0, 0.05) is 13.6 Å². The number of carbonyl (C=O) groups is 1. The highest BCUT2D eigenvalue weighted by atomic mass is 32.1. The van der Waals surface area contributed by atoms with Crippen LogP contribution in [0.25, 0.3) is 0 Å². The minimum absolute atomic E-state index is 0.0903. The molecule has 0 saturated carbocycles. The smallest absolute Gasteiger partial charge is 0.244 e. The van der Waals surface area contributed by atoms with Crippen LogP contribution in [0.3, 0.4) is 0 Å². The van der Waals surface area contributed by atoms with Gasteiger partial charge < -0.3 is 16.0 Å². The second-order valence-electron chi connectivity index (χ2n) is 4.02. The van der Waals surface area contributed by atoms with Gasteiger partial charge in [0.25, 0.3) is 0 Å². The molecular weight excluding hydrogens is 236 g/mol. The minimum Gasteiger partial charge on any atom is -0.388 e. The number of nitrogens with one attached hydrogen (secondary N) is 1. The number of hydrogen-bond donors (Lipinski definition) is 2. The monoisotopic (exact) mass is 250 g/mol. The van der Waals surface area contributed by atoms with Crippen LogP contribution >= 0.6 is 12.2 Å². The van der Waals surface area contributed by atoms with E-state index < -0.39 is 0 Å². The SMILES string of the molecule is CN1CCC(Nc2cccc(C(N)=S)n2)C1=O. The number of likely N-dealkylation sites (tertiary alicyclic amines) is 1. The first-order valence-corrected chi connectivity index (χ1v) is 5.77. The molecule has 0 radical (unpaired) electrons. The van der Waals surface area contributed by atoms with Gasteiger partial charge in [-0.2, -0.15) is 0 Å². The van der Waals surface area contributed by atoms with Crippen molar-refractivity contribution < 1.29 is 4.79 Å². The molecule has 1 saturated heterocycles. The Balaban J connectivity index is 2.11. The predicted octanol–water partition coefficient (Wildman–Crippen LogP) is 0.358. The number of pyridine rings is 1. The maximum absolute atomic E-state index is 11.7. The number of amides is 1. The lowest BCUT2D eigenvalue weighted by atomic mass is 10.2. The molecule has 3 N–H and O–H groups in total. The Bertz CT molecular complexity index is 463. The van der Waals surface area contributed by atoms with Crippen LogP contribution in [0.2, 0.25) is 0 Å². The molecular formula is C11H14N4OS. The second kappa shape index (κ2) is 4.67. The summed E-state index contributed by atoms with van der Waals surface area (Å²) < 4.78 is 0. The van der Waals surface area contributed by atoms with Crippen molar-refractivity contribution >= 4 is 28.9 Å². The van der Waals surface area contributed by atoms with Gasteiger partial charge in [-0.15, -0.1) is 0 Å². The molecule has 1 aromatic rings. The number of anilines is 1. The van der Waals surface area contributed by atoms with E-state index >= 15 is 0 Å². The zero-order valence-electron chi connectivity index (χ0n) is 9.51. The summed E-state index contributed by atoms with van der Waals surface area (Å²) in [6.45, 7) is 0.769. The van der Waals surface area contributed by atoms with Crippen LogP contribution in [0.15, 0.2) is 18.2 Å². The van der Waals surface area contributed by atoms with Crippen molar-refractivity contribution in [2.45, 2.75) is 12.5 Å². The maximum Gasteiger partial charge on any atom is 0.244 e. The molecule has 1 fully saturated rings. The lowest BCUT2D eigenvalue weighted by Gasteiger charge is -2.13. The van der Waals surface area contributed by atoms with Crippen molar-refractivity contribution in [1.29, 1.82) is 0 Å². The molecule has 90 valence electrons. The molecule has 0 spiro atoms. The van der Waals surface area contributed by atoms with E-state index in [-0.39, 0.29) is 16.9 Å². The molecule has 17 heavy (non-hydrogen) atoms. The van der Waals surface area contributed by atoms with Crippen LogP contribution in [0.4, 0.5) is 5.82 Å². The highest BCUT2D eigenvalue weighted by Gasteiger charge is 2.28. The first kappa shape index (κ1) is 11.8. The summed E-state index contributed by atoms with van der Waals surface area (Å²) in [7, 11) is 1.79. The molecule has 2 rings (SSSR count). The summed E-state index contributed by atoms with van der Waals surface area (Å²) in [5.41, 5.74) is 6.07. The summed E-state index contributed by atoms with van der Waals surface area (Å²) in [5.74, 6) is 0.719. The Labute approximate surface area is 105 Å². The van der Waals surface area contributed by atoms with Crippen LogP contribution in [-0.2, 0) is 4.79 Å². The quantitative estimate of drug-likeness (QED) is 0.758. The normalized spacial score (nSPS) is 19.5. The van der Waals surface area contributed by atoms with Gasteiger partial charge in [0.05, 0.1) is 5.69 Å². The van der Waals surface area contributed by atoms with E-state index in [0.717, 1.165) is 13.0 Å². The van der Waals surface area contributed by atoms with E-state index in [4.69, 9.17) is 18.0 Å². The fourth-order valence-corrected chi connectivity index (χ4v) is 1.90. The van der Waals surface area contributed by atoms with Gasteiger partial charge >= 0.3 is 0 Å². The molecule has 2 heterocycles. The number of rotatable bonds is 3. The molecule has 1 unspecified atom stereocenters. The first-order chi connectivity index (χ1) is 8.08. The zero-order valence-corrected chi connectivity index (χ0v) is 10.3. The summed E-state index contributed by atoms with van der Waals surface area (Å²) in [6, 6.07) is 5.16. The van der Waals surface area contributed by atoms with Crippen molar-refractivity contribution in [3.63, 3.8) is 0 Å². The summed E-state index contributed by atoms with van der Waals surface area (Å²) in [6.07, 6.45) is 0.786. The van der Waals surface area contributed by atoms with E-state index in [2.05, 4.69) is 10.3 Å². The van der Waals surface area contributed by atoms with Gasteiger partial charge in [-0.05, 0) is 18.6 Å². The van der Waals surface area contributed by atoms with Gasteiger partial charge in [0.2, 0.25) is 5.91 Å². The van der Waals surface area contributed by atoms with E-state index in [0.29, 0.717) is 11.5 Å². The number of thiocarbonyl (C=S) groups is 1. The van der Waals surface area contributed by atoms with Crippen molar-refractivity contribution in [2.75, 3.05) is 18.9 Å². The average molecular weight is 250 g/mol. The van der Waals surface area contributed by atoms with Crippen molar-refractivity contribution in [2.24, 2.45) is 5.73 Å². The Kier molecular flexibility index (Phi) is 3.23. The Morgan fingerprint density at radius 1 is 1.65 bits per heavy atom. The number of likely N-dealkylation sites (N-methyl/N-ethyl adjacent to an activating group) is 1. The molecule has 1 atom stereocenters. The van der Waals surface area contributed by atoms with Crippen LogP contribution in [0, 0.1) is 0 Å². The van der Waals surface area contributed by atoms with E-state index in [1.807, 2.05) is 6.07 Å². The van der Waals surface area contributed by atoms with Crippen LogP contribution in [0.5, 0.6) is 0 Å². The number of carbonyl (C=O) groups excluding carboxylic acids is 1. The highest BCUT2D eigenvalue weighted by Crippen LogP contribution is 2.14. The third-order valence-corrected chi connectivity index (χ3v) is 2.96. The molecule has 1 aromatic heterocycles. The molecule has 1 amide bonds. The van der Waals surface area contributed by atoms with E-state index in [1.54, 1.807) is 24.1 Å². The maximum atomic E-state index is 11.7. The van der Waals surface area contributed by atoms with Gasteiger partial charge in [-0.3, -0.25) is 4.79 Å². The molecule has 6 heteroatoms. The summed E-state index contributed by atoms with van der Waals surface area (Å²) >= 11 is 4.86.